The minimum Gasteiger partial charge on any atom is -0.507 e. The number of aromatic hydroxyl groups is 3. The summed E-state index contributed by atoms with van der Waals surface area (Å²) in [7, 11) is 1.15. The highest BCUT2D eigenvalue weighted by molar-refractivity contribution is 5.88. The highest BCUT2D eigenvalue weighted by Gasteiger charge is 2.48. The first-order chi connectivity index (χ1) is 26.5. The van der Waals surface area contributed by atoms with E-state index in [-0.39, 0.29) is 17.1 Å². The van der Waals surface area contributed by atoms with E-state index < -0.39 is 150 Å². The summed E-state index contributed by atoms with van der Waals surface area (Å²) in [5, 5.41) is 134. The van der Waals surface area contributed by atoms with Crippen LogP contribution in [-0.2, 0) is 18.9 Å². The van der Waals surface area contributed by atoms with E-state index in [0.717, 1.165) is 31.4 Å². The maximum atomic E-state index is 14.2. The molecule has 3 saturated heterocycles. The number of phenols is 3. The van der Waals surface area contributed by atoms with E-state index in [2.05, 4.69) is 0 Å². The highest BCUT2D eigenvalue weighted by atomic mass is 16.7. The van der Waals surface area contributed by atoms with Crippen LogP contribution in [0, 0.1) is 0 Å². The molecule has 15 atom stereocenters. The number of phenolic OH excluding ortho intramolecular Hbond substituents is 3. The van der Waals surface area contributed by atoms with E-state index in [9.17, 15) is 71.2 Å². The van der Waals surface area contributed by atoms with Gasteiger partial charge in [-0.25, -0.2) is 0 Å². The van der Waals surface area contributed by atoms with E-state index in [1.54, 1.807) is 0 Å². The molecule has 22 heteroatoms. The second kappa shape index (κ2) is 16.4. The zero-order valence-electron chi connectivity index (χ0n) is 29.4. The lowest BCUT2D eigenvalue weighted by atomic mass is 9.98. The molecule has 13 N–H and O–H groups in total. The van der Waals surface area contributed by atoms with Crippen molar-refractivity contribution in [3.8, 4) is 45.8 Å². The molecule has 0 amide bonds. The average molecular weight is 803 g/mol. The van der Waals surface area contributed by atoms with E-state index in [4.69, 9.17) is 37.6 Å². The van der Waals surface area contributed by atoms with Crippen LogP contribution in [-0.4, -0.2) is 179 Å². The van der Waals surface area contributed by atoms with Crippen LogP contribution in [0.15, 0.2) is 33.5 Å². The number of methoxy groups -OCH3 is 1. The van der Waals surface area contributed by atoms with Crippen molar-refractivity contribution in [2.45, 2.75) is 99.0 Å². The molecule has 2 aromatic carbocycles. The quantitative estimate of drug-likeness (QED) is 0.0864. The van der Waals surface area contributed by atoms with Crippen molar-refractivity contribution >= 4 is 11.0 Å². The monoisotopic (exact) mass is 802 g/mol. The first-order valence-corrected chi connectivity index (χ1v) is 17.1. The molecule has 3 fully saturated rings. The van der Waals surface area contributed by atoms with Gasteiger partial charge in [-0.2, -0.15) is 0 Å². The summed E-state index contributed by atoms with van der Waals surface area (Å²) >= 11 is 0. The fourth-order valence-electron chi connectivity index (χ4n) is 6.41. The van der Waals surface area contributed by atoms with Crippen molar-refractivity contribution in [1.82, 2.24) is 0 Å². The number of aliphatic hydroxyl groups excluding tert-OH is 10. The second-order valence-electron chi connectivity index (χ2n) is 13.4. The Balaban J connectivity index is 1.37. The zero-order chi connectivity index (χ0) is 40.9. The predicted molar refractivity (Wildman–Crippen MR) is 179 cm³/mol. The maximum Gasteiger partial charge on any atom is 0.239 e. The first-order valence-electron chi connectivity index (χ1n) is 17.1. The molecule has 56 heavy (non-hydrogen) atoms. The topological polar surface area (TPSA) is 358 Å². The molecular formula is C34H42O22. The fourth-order valence-corrected chi connectivity index (χ4v) is 6.41. The van der Waals surface area contributed by atoms with Crippen LogP contribution >= 0.6 is 0 Å². The number of hydrogen-bond donors (Lipinski definition) is 13. The van der Waals surface area contributed by atoms with Crippen LogP contribution in [0.25, 0.3) is 22.3 Å². The Bertz CT molecular complexity index is 1920. The molecule has 0 bridgehead atoms. The molecule has 0 spiro atoms. The largest absolute Gasteiger partial charge is 0.507 e. The van der Waals surface area contributed by atoms with Gasteiger partial charge in [0.05, 0.1) is 26.4 Å². The molecule has 22 nitrogen and oxygen atoms in total. The van der Waals surface area contributed by atoms with Gasteiger partial charge in [0, 0.05) is 17.7 Å². The van der Waals surface area contributed by atoms with Crippen molar-refractivity contribution in [1.29, 1.82) is 0 Å². The highest BCUT2D eigenvalue weighted by Crippen LogP contribution is 2.44. The summed E-state index contributed by atoms with van der Waals surface area (Å²) in [6.45, 7) is -0.0519. The SMILES string of the molecule is COc1cc(-c2oc3cc(O[C@@H]4O[C@H](CO)[C@@H](O)[C@H](O)[C@H]4O)cc(O)c3c(=O)c2O[C@@H]2O[C@H](CO[C@@H]3O[C@@H](C)[C@H](O)[C@@H](O)[C@H]3O)[C@@H](O)[C@H](O)[C@H]2O)cc(O)c1O. The lowest BCUT2D eigenvalue weighted by Crippen LogP contribution is -2.61. The third kappa shape index (κ3) is 7.65. The Labute approximate surface area is 314 Å². The van der Waals surface area contributed by atoms with Crippen LogP contribution < -0.4 is 19.6 Å². The smallest absolute Gasteiger partial charge is 0.239 e. The fraction of sp³-hybridized carbons (Fsp3) is 0.559. The average Bonchev–Trinajstić information content (AvgIpc) is 3.17. The summed E-state index contributed by atoms with van der Waals surface area (Å²) in [4.78, 5) is 14.2. The zero-order valence-corrected chi connectivity index (χ0v) is 29.4. The van der Waals surface area contributed by atoms with Gasteiger partial charge in [-0.3, -0.25) is 4.79 Å². The van der Waals surface area contributed by atoms with E-state index >= 15 is 0 Å². The molecule has 3 aliphatic heterocycles. The molecule has 1 aromatic heterocycles. The minimum absolute atomic E-state index is 0.213. The Hall–Kier alpha value is -4.11. The summed E-state index contributed by atoms with van der Waals surface area (Å²) in [6, 6.07) is 3.96. The molecule has 6 rings (SSSR count). The van der Waals surface area contributed by atoms with Crippen molar-refractivity contribution < 1.29 is 104 Å². The van der Waals surface area contributed by atoms with Gasteiger partial charge in [-0.05, 0) is 19.1 Å². The number of hydrogen-bond acceptors (Lipinski definition) is 22. The van der Waals surface area contributed by atoms with Gasteiger partial charge < -0.3 is 104 Å². The summed E-state index contributed by atoms with van der Waals surface area (Å²) in [5.41, 5.74) is -1.81. The van der Waals surface area contributed by atoms with Crippen molar-refractivity contribution in [3.05, 3.63) is 34.5 Å². The van der Waals surface area contributed by atoms with Crippen LogP contribution in [0.3, 0.4) is 0 Å². The molecule has 0 aliphatic carbocycles. The van der Waals surface area contributed by atoms with Gasteiger partial charge in [0.15, 0.2) is 23.5 Å². The number of fused-ring (bicyclic) bond motifs is 1. The molecule has 3 aromatic rings. The number of ether oxygens (including phenoxy) is 7. The van der Waals surface area contributed by atoms with Crippen LogP contribution in [0.2, 0.25) is 0 Å². The summed E-state index contributed by atoms with van der Waals surface area (Å²) in [6.07, 6.45) is -25.4. The van der Waals surface area contributed by atoms with Gasteiger partial charge >= 0.3 is 0 Å². The molecule has 3 aliphatic rings. The van der Waals surface area contributed by atoms with Crippen LogP contribution in [0.4, 0.5) is 0 Å². The molecule has 0 saturated carbocycles. The Kier molecular flexibility index (Phi) is 12.2. The molecular weight excluding hydrogens is 760 g/mol. The normalized spacial score (nSPS) is 36.3. The van der Waals surface area contributed by atoms with Gasteiger partial charge in [-0.1, -0.05) is 0 Å². The van der Waals surface area contributed by atoms with Gasteiger partial charge in [0.1, 0.15) is 89.6 Å². The maximum absolute atomic E-state index is 14.2. The second-order valence-corrected chi connectivity index (χ2v) is 13.4. The lowest BCUT2D eigenvalue weighted by molar-refractivity contribution is -0.318. The number of benzene rings is 2. The molecule has 4 heterocycles. The van der Waals surface area contributed by atoms with E-state index in [1.807, 2.05) is 0 Å². The van der Waals surface area contributed by atoms with Gasteiger partial charge in [0.25, 0.3) is 0 Å². The Morgan fingerprint density at radius 3 is 1.89 bits per heavy atom. The van der Waals surface area contributed by atoms with Crippen LogP contribution in [0.5, 0.6) is 34.5 Å². The van der Waals surface area contributed by atoms with Gasteiger partial charge in [-0.15, -0.1) is 0 Å². The third-order valence-corrected chi connectivity index (χ3v) is 9.68. The van der Waals surface area contributed by atoms with Crippen molar-refractivity contribution in [2.75, 3.05) is 20.3 Å². The standard InChI is InChI=1S/C34H42O22/c1-9-19(38)24(43)27(46)32(51-9)50-8-17-22(41)26(45)29(48)34(55-17)56-31-23(42)18-12(36)5-11(52-33-28(47)25(44)21(40)16(7-35)54-33)6-14(18)53-30(31)10-3-13(37)20(39)15(4-10)49-2/h3-6,9,16-17,19,21-22,24-29,32-41,43-48H,7-8H2,1-2H3/t9-,16+,17+,19-,21+,22+,24+,25-,26-,27+,28+,29+,32+,33+,34-/m0/s1. The summed E-state index contributed by atoms with van der Waals surface area (Å²) in [5.74, 6) is -4.33. The van der Waals surface area contributed by atoms with Gasteiger partial charge in [0.2, 0.25) is 29.5 Å². The van der Waals surface area contributed by atoms with Crippen molar-refractivity contribution in [3.63, 3.8) is 0 Å². The number of rotatable bonds is 10. The predicted octanol–water partition coefficient (Wildman–Crippen LogP) is -4.21. The molecule has 310 valence electrons. The van der Waals surface area contributed by atoms with E-state index in [1.165, 1.54) is 6.92 Å². The van der Waals surface area contributed by atoms with Crippen molar-refractivity contribution in [2.24, 2.45) is 0 Å². The lowest BCUT2D eigenvalue weighted by Gasteiger charge is -2.42. The molecule has 0 radical (unpaired) electrons. The Morgan fingerprint density at radius 1 is 0.661 bits per heavy atom. The van der Waals surface area contributed by atoms with E-state index in [0.29, 0.717) is 0 Å². The molecule has 0 unspecified atom stereocenters. The third-order valence-electron chi connectivity index (χ3n) is 9.68. The van der Waals surface area contributed by atoms with Crippen LogP contribution in [0.1, 0.15) is 6.92 Å². The number of aliphatic hydroxyl groups is 10. The first kappa shape index (κ1) is 41.5. The Morgan fingerprint density at radius 2 is 1.25 bits per heavy atom. The minimum atomic E-state index is -2.08. The summed E-state index contributed by atoms with van der Waals surface area (Å²) < 4.78 is 44.4.